The van der Waals surface area contributed by atoms with E-state index in [1.807, 2.05) is 27.8 Å². The summed E-state index contributed by atoms with van der Waals surface area (Å²) in [5.41, 5.74) is 0.989. The van der Waals surface area contributed by atoms with E-state index in [-0.39, 0.29) is 6.03 Å². The molecule has 6 heteroatoms. The zero-order chi connectivity index (χ0) is 15.4. The number of nitrogens with zero attached hydrogens (tertiary/aromatic N) is 4. The van der Waals surface area contributed by atoms with Gasteiger partial charge in [0.25, 0.3) is 0 Å². The minimum absolute atomic E-state index is 0.0191. The monoisotopic (exact) mass is 299 g/mol. The maximum atomic E-state index is 12.1. The number of aromatic nitrogens is 3. The van der Waals surface area contributed by atoms with Crippen molar-refractivity contribution in [2.75, 3.05) is 13.1 Å². The Morgan fingerprint density at radius 2 is 2.18 bits per heavy atom. The Bertz CT molecular complexity index is 600. The van der Waals surface area contributed by atoms with Crippen molar-refractivity contribution in [3.8, 4) is 5.82 Å². The Balaban J connectivity index is 1.52. The van der Waals surface area contributed by atoms with Crippen LogP contribution in [0.4, 0.5) is 4.79 Å². The molecule has 1 N–H and O–H groups in total. The number of hydrogen-bond donors (Lipinski definition) is 1. The highest BCUT2D eigenvalue weighted by Gasteiger charge is 2.19. The fraction of sp³-hybridized carbons (Fsp3) is 0.438. The first-order valence-corrected chi connectivity index (χ1v) is 7.68. The van der Waals surface area contributed by atoms with Crippen LogP contribution in [0.25, 0.3) is 5.82 Å². The number of rotatable bonds is 3. The fourth-order valence-electron chi connectivity index (χ4n) is 2.57. The first-order valence-electron chi connectivity index (χ1n) is 7.68. The van der Waals surface area contributed by atoms with Gasteiger partial charge in [-0.1, -0.05) is 13.0 Å². The molecule has 1 aliphatic heterocycles. The summed E-state index contributed by atoms with van der Waals surface area (Å²) < 4.78 is 1.84. The molecule has 3 heterocycles. The average Bonchev–Trinajstić information content (AvgIpc) is 3.08. The van der Waals surface area contributed by atoms with E-state index in [0.29, 0.717) is 6.54 Å². The maximum Gasteiger partial charge on any atom is 0.317 e. The normalized spacial score (nSPS) is 15.8. The molecular weight excluding hydrogens is 278 g/mol. The van der Waals surface area contributed by atoms with Gasteiger partial charge in [-0.15, -0.1) is 0 Å². The first-order chi connectivity index (χ1) is 10.7. The molecule has 1 aliphatic rings. The summed E-state index contributed by atoms with van der Waals surface area (Å²) in [6, 6.07) is 3.91. The van der Waals surface area contributed by atoms with Crippen LogP contribution >= 0.6 is 0 Å². The smallest absolute Gasteiger partial charge is 0.317 e. The van der Waals surface area contributed by atoms with Gasteiger partial charge in [0.2, 0.25) is 0 Å². The third-order valence-electron chi connectivity index (χ3n) is 4.09. The van der Waals surface area contributed by atoms with Crippen LogP contribution in [0.2, 0.25) is 0 Å². The highest BCUT2D eigenvalue weighted by Crippen LogP contribution is 2.15. The molecule has 3 rings (SSSR count). The van der Waals surface area contributed by atoms with Gasteiger partial charge < -0.3 is 10.2 Å². The van der Waals surface area contributed by atoms with Gasteiger partial charge in [-0.2, -0.15) is 0 Å². The summed E-state index contributed by atoms with van der Waals surface area (Å²) in [7, 11) is 0. The zero-order valence-corrected chi connectivity index (χ0v) is 12.8. The molecule has 0 unspecified atom stereocenters. The summed E-state index contributed by atoms with van der Waals surface area (Å²) in [6.45, 7) is 4.44. The lowest BCUT2D eigenvalue weighted by atomic mass is 10.00. The third-order valence-corrected chi connectivity index (χ3v) is 4.09. The molecule has 2 aromatic heterocycles. The number of nitrogens with one attached hydrogen (secondary N) is 1. The van der Waals surface area contributed by atoms with E-state index in [1.165, 1.54) is 0 Å². The van der Waals surface area contributed by atoms with E-state index in [9.17, 15) is 4.79 Å². The van der Waals surface area contributed by atoms with E-state index in [1.54, 1.807) is 18.7 Å². The molecule has 2 amide bonds. The summed E-state index contributed by atoms with van der Waals surface area (Å²) in [6.07, 6.45) is 9.24. The first kappa shape index (κ1) is 14.6. The molecule has 2 aromatic rings. The minimum Gasteiger partial charge on any atom is -0.334 e. The van der Waals surface area contributed by atoms with Crippen molar-refractivity contribution in [3.05, 3.63) is 42.6 Å². The van der Waals surface area contributed by atoms with Crippen LogP contribution in [-0.4, -0.2) is 38.6 Å². The highest BCUT2D eigenvalue weighted by molar-refractivity contribution is 5.74. The topological polar surface area (TPSA) is 63.1 Å². The molecule has 1 fully saturated rings. The second-order valence-electron chi connectivity index (χ2n) is 5.82. The molecule has 116 valence electrons. The Hall–Kier alpha value is -2.37. The molecule has 0 aromatic carbocycles. The fourth-order valence-corrected chi connectivity index (χ4v) is 2.57. The Morgan fingerprint density at radius 3 is 2.82 bits per heavy atom. The van der Waals surface area contributed by atoms with Gasteiger partial charge in [-0.3, -0.25) is 4.57 Å². The minimum atomic E-state index is 0.0191. The SMILES string of the molecule is CC1CCN(C(=O)NCc2ccc(-n3ccnc3)nc2)CC1. The molecule has 0 spiro atoms. The number of carbonyl (C=O) groups is 1. The van der Waals surface area contributed by atoms with Crippen LogP contribution in [-0.2, 0) is 6.54 Å². The van der Waals surface area contributed by atoms with Crippen molar-refractivity contribution < 1.29 is 4.79 Å². The molecule has 6 nitrogen and oxygen atoms in total. The van der Waals surface area contributed by atoms with E-state index in [0.717, 1.165) is 43.2 Å². The number of pyridine rings is 1. The van der Waals surface area contributed by atoms with Crippen LogP contribution in [0.15, 0.2) is 37.1 Å². The van der Waals surface area contributed by atoms with Crippen LogP contribution in [0.5, 0.6) is 0 Å². The summed E-state index contributed by atoms with van der Waals surface area (Å²) in [4.78, 5) is 22.4. The van der Waals surface area contributed by atoms with Crippen molar-refractivity contribution >= 4 is 6.03 Å². The maximum absolute atomic E-state index is 12.1. The molecule has 0 saturated carbocycles. The Morgan fingerprint density at radius 1 is 1.36 bits per heavy atom. The second kappa shape index (κ2) is 6.60. The molecule has 0 bridgehead atoms. The van der Waals surface area contributed by atoms with Crippen molar-refractivity contribution in [2.45, 2.75) is 26.3 Å². The zero-order valence-electron chi connectivity index (χ0n) is 12.8. The lowest BCUT2D eigenvalue weighted by Crippen LogP contribution is -2.43. The highest BCUT2D eigenvalue weighted by atomic mass is 16.2. The van der Waals surface area contributed by atoms with E-state index in [2.05, 4.69) is 22.2 Å². The summed E-state index contributed by atoms with van der Waals surface area (Å²) in [5.74, 6) is 1.54. The van der Waals surface area contributed by atoms with Crippen LogP contribution < -0.4 is 5.32 Å². The van der Waals surface area contributed by atoms with E-state index >= 15 is 0 Å². The van der Waals surface area contributed by atoms with Gasteiger partial charge in [0.1, 0.15) is 12.1 Å². The number of imidazole rings is 1. The second-order valence-corrected chi connectivity index (χ2v) is 5.82. The summed E-state index contributed by atoms with van der Waals surface area (Å²) in [5, 5.41) is 2.97. The lowest BCUT2D eigenvalue weighted by molar-refractivity contribution is 0.173. The molecule has 0 atom stereocenters. The summed E-state index contributed by atoms with van der Waals surface area (Å²) >= 11 is 0. The van der Waals surface area contributed by atoms with Gasteiger partial charge >= 0.3 is 6.03 Å². The number of urea groups is 1. The lowest BCUT2D eigenvalue weighted by Gasteiger charge is -2.30. The number of hydrogen-bond acceptors (Lipinski definition) is 3. The van der Waals surface area contributed by atoms with E-state index < -0.39 is 0 Å². The number of amides is 2. The van der Waals surface area contributed by atoms with Crippen molar-refractivity contribution in [2.24, 2.45) is 5.92 Å². The standard InChI is InChI=1S/C16H21N5O/c1-13-4-7-20(8-5-13)16(22)19-11-14-2-3-15(18-10-14)21-9-6-17-12-21/h2-3,6,9-10,12-13H,4-5,7-8,11H2,1H3,(H,19,22). The Labute approximate surface area is 130 Å². The largest absolute Gasteiger partial charge is 0.334 e. The van der Waals surface area contributed by atoms with Gasteiger partial charge in [-0.25, -0.2) is 14.8 Å². The quantitative estimate of drug-likeness (QED) is 0.945. The van der Waals surface area contributed by atoms with E-state index in [4.69, 9.17) is 0 Å². The number of carbonyl (C=O) groups excluding carboxylic acids is 1. The van der Waals surface area contributed by atoms with Crippen molar-refractivity contribution in [1.29, 1.82) is 0 Å². The van der Waals surface area contributed by atoms with Gasteiger partial charge in [0.05, 0.1) is 0 Å². The van der Waals surface area contributed by atoms with Crippen LogP contribution in [0, 0.1) is 5.92 Å². The molecule has 0 aliphatic carbocycles. The van der Waals surface area contributed by atoms with Gasteiger partial charge in [0.15, 0.2) is 0 Å². The number of piperidine rings is 1. The average molecular weight is 299 g/mol. The van der Waals surface area contributed by atoms with Crippen molar-refractivity contribution in [1.82, 2.24) is 24.8 Å². The van der Waals surface area contributed by atoms with Crippen LogP contribution in [0.1, 0.15) is 25.3 Å². The molecular formula is C16H21N5O. The van der Waals surface area contributed by atoms with Crippen molar-refractivity contribution in [3.63, 3.8) is 0 Å². The number of likely N-dealkylation sites (tertiary alicyclic amines) is 1. The predicted octanol–water partition coefficient (Wildman–Crippen LogP) is 2.21. The molecule has 1 saturated heterocycles. The Kier molecular flexibility index (Phi) is 4.37. The molecule has 0 radical (unpaired) electrons. The van der Waals surface area contributed by atoms with Crippen LogP contribution in [0.3, 0.4) is 0 Å². The van der Waals surface area contributed by atoms with Gasteiger partial charge in [-0.05, 0) is 30.4 Å². The third kappa shape index (κ3) is 3.44. The predicted molar refractivity (Wildman–Crippen MR) is 83.6 cm³/mol. The molecule has 22 heavy (non-hydrogen) atoms. The van der Waals surface area contributed by atoms with Gasteiger partial charge in [0, 0.05) is 38.2 Å².